The van der Waals surface area contributed by atoms with Gasteiger partial charge in [0.15, 0.2) is 0 Å². The molecule has 2 heteroatoms. The number of nitrogens with one attached hydrogen (secondary N) is 1. The van der Waals surface area contributed by atoms with E-state index in [1.54, 1.807) is 0 Å². The molecule has 0 saturated carbocycles. The maximum atomic E-state index is 3.28. The van der Waals surface area contributed by atoms with Crippen molar-refractivity contribution < 1.29 is 0 Å². The van der Waals surface area contributed by atoms with Crippen LogP contribution in [0, 0.1) is 28.1 Å². The molecule has 2 aliphatic heterocycles. The Labute approximate surface area is 154 Å². The molecule has 0 aliphatic carbocycles. The van der Waals surface area contributed by atoms with Gasteiger partial charge in [-0.25, -0.2) is 0 Å². The molecule has 0 atom stereocenters. The highest BCUT2D eigenvalue weighted by molar-refractivity contribution is 4.81. The lowest BCUT2D eigenvalue weighted by Crippen LogP contribution is -2.45. The molecule has 0 aromatic heterocycles. The second-order valence-corrected chi connectivity index (χ2v) is 12.1. The van der Waals surface area contributed by atoms with Gasteiger partial charge in [0.1, 0.15) is 0 Å². The van der Waals surface area contributed by atoms with Crippen molar-refractivity contribution >= 4 is 0 Å². The summed E-state index contributed by atoms with van der Waals surface area (Å²) in [5.41, 5.74) is 1.57. The van der Waals surface area contributed by atoms with Crippen LogP contribution >= 0.6 is 0 Å². The number of likely N-dealkylation sites (tertiary alicyclic amines) is 1. The fourth-order valence-electron chi connectivity index (χ4n) is 3.18. The second-order valence-electron chi connectivity index (χ2n) is 12.1. The Morgan fingerprint density at radius 2 is 1.04 bits per heavy atom. The molecule has 2 heterocycles. The molecule has 2 nitrogen and oxygen atoms in total. The van der Waals surface area contributed by atoms with E-state index >= 15 is 0 Å². The third-order valence-electron chi connectivity index (χ3n) is 3.81. The van der Waals surface area contributed by atoms with Crippen LogP contribution in [0.15, 0.2) is 0 Å². The first-order chi connectivity index (χ1) is 10.6. The number of rotatable bonds is 2. The van der Waals surface area contributed by atoms with E-state index in [2.05, 4.69) is 86.5 Å². The lowest BCUT2D eigenvalue weighted by Gasteiger charge is -2.39. The first-order valence-electron chi connectivity index (χ1n) is 9.94. The van der Waals surface area contributed by atoms with Crippen molar-refractivity contribution in [2.45, 2.75) is 82.1 Å². The van der Waals surface area contributed by atoms with Crippen molar-refractivity contribution in [1.82, 2.24) is 10.2 Å². The molecule has 24 heavy (non-hydrogen) atoms. The van der Waals surface area contributed by atoms with Crippen molar-refractivity contribution in [3.63, 3.8) is 0 Å². The maximum absolute atomic E-state index is 3.28. The Kier molecular flexibility index (Phi) is 9.54. The van der Waals surface area contributed by atoms with E-state index in [1.807, 2.05) is 0 Å². The molecule has 0 bridgehead atoms. The van der Waals surface area contributed by atoms with Gasteiger partial charge in [-0.05, 0) is 61.1 Å². The average molecular weight is 341 g/mol. The largest absolute Gasteiger partial charge is 0.316 e. The first-order valence-corrected chi connectivity index (χ1v) is 9.94. The van der Waals surface area contributed by atoms with Crippen molar-refractivity contribution in [2.75, 3.05) is 33.2 Å². The van der Waals surface area contributed by atoms with Crippen LogP contribution in [-0.2, 0) is 0 Å². The van der Waals surface area contributed by atoms with Gasteiger partial charge in [-0.3, -0.25) is 0 Å². The number of hydrogen-bond donors (Lipinski definition) is 1. The summed E-state index contributed by atoms with van der Waals surface area (Å²) < 4.78 is 0. The van der Waals surface area contributed by atoms with Crippen molar-refractivity contribution in [2.24, 2.45) is 28.1 Å². The topological polar surface area (TPSA) is 15.3 Å². The zero-order valence-corrected chi connectivity index (χ0v) is 18.8. The van der Waals surface area contributed by atoms with Crippen LogP contribution in [0.3, 0.4) is 0 Å². The van der Waals surface area contributed by atoms with E-state index in [0.717, 1.165) is 11.8 Å². The van der Waals surface area contributed by atoms with Gasteiger partial charge in [0.05, 0.1) is 0 Å². The average Bonchev–Trinajstić information content (AvgIpc) is 2.17. The first kappa shape index (κ1) is 23.9. The summed E-state index contributed by atoms with van der Waals surface area (Å²) in [7, 11) is 2.19. The quantitative estimate of drug-likeness (QED) is 0.696. The molecular weight excluding hydrogens is 292 g/mol. The molecule has 0 aromatic carbocycles. The highest BCUT2D eigenvalue weighted by Crippen LogP contribution is 2.29. The van der Waals surface area contributed by atoms with Gasteiger partial charge >= 0.3 is 0 Å². The Morgan fingerprint density at radius 1 is 0.708 bits per heavy atom. The van der Waals surface area contributed by atoms with E-state index in [9.17, 15) is 0 Å². The minimum absolute atomic E-state index is 0.500. The zero-order chi connectivity index (χ0) is 19.2. The van der Waals surface area contributed by atoms with Crippen LogP contribution < -0.4 is 5.32 Å². The van der Waals surface area contributed by atoms with Gasteiger partial charge in [-0.15, -0.1) is 0 Å². The normalized spacial score (nSPS) is 20.1. The Morgan fingerprint density at radius 3 is 1.21 bits per heavy atom. The van der Waals surface area contributed by atoms with E-state index in [-0.39, 0.29) is 0 Å². The minimum Gasteiger partial charge on any atom is -0.316 e. The molecule has 2 saturated heterocycles. The lowest BCUT2D eigenvalue weighted by atomic mass is 9.81. The summed E-state index contributed by atoms with van der Waals surface area (Å²) in [5.74, 6) is 1.94. The third kappa shape index (κ3) is 16.8. The van der Waals surface area contributed by atoms with Gasteiger partial charge in [0, 0.05) is 13.1 Å². The van der Waals surface area contributed by atoms with Crippen molar-refractivity contribution in [1.29, 1.82) is 0 Å². The molecule has 146 valence electrons. The SMILES string of the molecule is CC(C)(C)C.CC(C)(C)CC1CNC1.CN1CC(CC(C)(C)C)C1. The Balaban J connectivity index is 0.000000351. The fourth-order valence-corrected chi connectivity index (χ4v) is 3.18. The van der Waals surface area contributed by atoms with E-state index in [0.29, 0.717) is 16.2 Å². The van der Waals surface area contributed by atoms with Crippen LogP contribution in [0.4, 0.5) is 0 Å². The molecule has 2 fully saturated rings. The standard InChI is InChI=1S/C9H19N.C8H17N.C5H12/c1-9(2,3)5-8-6-10(4)7-8;1-8(2,3)4-7-5-9-6-7;1-5(2,3)4/h8H,5-7H2,1-4H3;7,9H,4-6H2,1-3H3;1-4H3. The zero-order valence-electron chi connectivity index (χ0n) is 18.8. The van der Waals surface area contributed by atoms with E-state index in [1.165, 1.54) is 39.0 Å². The van der Waals surface area contributed by atoms with Gasteiger partial charge < -0.3 is 10.2 Å². The highest BCUT2D eigenvalue weighted by atomic mass is 15.2. The molecule has 2 rings (SSSR count). The molecule has 0 amide bonds. The van der Waals surface area contributed by atoms with Gasteiger partial charge in [0.25, 0.3) is 0 Å². The lowest BCUT2D eigenvalue weighted by molar-refractivity contribution is 0.0955. The molecular formula is C22H48N2. The predicted octanol–water partition coefficient (Wildman–Crippen LogP) is 5.68. The molecule has 0 spiro atoms. The monoisotopic (exact) mass is 340 g/mol. The van der Waals surface area contributed by atoms with Gasteiger partial charge in [0.2, 0.25) is 0 Å². The van der Waals surface area contributed by atoms with Crippen LogP contribution in [0.25, 0.3) is 0 Å². The molecule has 0 unspecified atom stereocenters. The Bertz CT molecular complexity index is 311. The molecule has 1 N–H and O–H groups in total. The summed E-state index contributed by atoms with van der Waals surface area (Å²) in [4.78, 5) is 2.39. The van der Waals surface area contributed by atoms with E-state index < -0.39 is 0 Å². The number of hydrogen-bond acceptors (Lipinski definition) is 2. The predicted molar refractivity (Wildman–Crippen MR) is 111 cm³/mol. The van der Waals surface area contributed by atoms with Crippen molar-refractivity contribution in [3.8, 4) is 0 Å². The van der Waals surface area contributed by atoms with Crippen LogP contribution in [0.5, 0.6) is 0 Å². The minimum atomic E-state index is 0.500. The summed E-state index contributed by atoms with van der Waals surface area (Å²) >= 11 is 0. The molecule has 0 aromatic rings. The second kappa shape index (κ2) is 9.57. The van der Waals surface area contributed by atoms with Crippen molar-refractivity contribution in [3.05, 3.63) is 0 Å². The van der Waals surface area contributed by atoms with Crippen LogP contribution in [0.1, 0.15) is 82.1 Å². The van der Waals surface area contributed by atoms with Gasteiger partial charge in [-0.1, -0.05) is 69.2 Å². The maximum Gasteiger partial charge on any atom is 0.00192 e. The van der Waals surface area contributed by atoms with Gasteiger partial charge in [-0.2, -0.15) is 0 Å². The molecule has 2 aliphatic rings. The third-order valence-corrected chi connectivity index (χ3v) is 3.81. The van der Waals surface area contributed by atoms with Crippen LogP contribution in [-0.4, -0.2) is 38.1 Å². The number of nitrogens with zero attached hydrogens (tertiary/aromatic N) is 1. The van der Waals surface area contributed by atoms with Crippen LogP contribution in [0.2, 0.25) is 0 Å². The fraction of sp³-hybridized carbons (Fsp3) is 1.00. The molecule has 0 radical (unpaired) electrons. The van der Waals surface area contributed by atoms with E-state index in [4.69, 9.17) is 0 Å². The highest BCUT2D eigenvalue weighted by Gasteiger charge is 2.27. The summed E-state index contributed by atoms with van der Waals surface area (Å²) in [5, 5.41) is 3.28. The summed E-state index contributed by atoms with van der Waals surface area (Å²) in [6.07, 6.45) is 2.76. The summed E-state index contributed by atoms with van der Waals surface area (Å²) in [6.45, 7) is 27.8. The Hall–Kier alpha value is -0.0800. The smallest absolute Gasteiger partial charge is 0.00192 e. The summed E-state index contributed by atoms with van der Waals surface area (Å²) in [6, 6.07) is 0.